The minimum atomic E-state index is -4.30. The summed E-state index contributed by atoms with van der Waals surface area (Å²) in [4.78, 5) is 0. The molecule has 19 heavy (non-hydrogen) atoms. The maximum atomic E-state index is 12.7. The van der Waals surface area contributed by atoms with Crippen LogP contribution in [0.4, 0.5) is 18.9 Å². The lowest BCUT2D eigenvalue weighted by Crippen LogP contribution is -2.13. The molecule has 1 fully saturated rings. The van der Waals surface area contributed by atoms with Crippen LogP contribution < -0.4 is 5.32 Å². The molecular weight excluding hydrogens is 255 g/mol. The molecule has 2 rings (SSSR count). The molecule has 1 aromatic rings. The first kappa shape index (κ1) is 14.2. The first-order valence-corrected chi connectivity index (χ1v) is 6.50. The minimum absolute atomic E-state index is 0.247. The lowest BCUT2D eigenvalue weighted by molar-refractivity contribution is -0.138. The van der Waals surface area contributed by atoms with Gasteiger partial charge in [-0.15, -0.1) is 0 Å². The Bertz CT molecular complexity index is 425. The van der Waals surface area contributed by atoms with E-state index in [9.17, 15) is 13.2 Å². The normalized spacial score (nSPS) is 19.7. The summed E-state index contributed by atoms with van der Waals surface area (Å²) in [6.45, 7) is 2.90. The summed E-state index contributed by atoms with van der Waals surface area (Å²) in [6.07, 6.45) is -1.09. The van der Waals surface area contributed by atoms with Crippen LogP contribution in [-0.4, -0.2) is 19.3 Å². The summed E-state index contributed by atoms with van der Waals surface area (Å²) < 4.78 is 43.7. The van der Waals surface area contributed by atoms with Crippen LogP contribution in [-0.2, 0) is 10.9 Å². The van der Waals surface area contributed by atoms with Crippen LogP contribution in [0.3, 0.4) is 0 Å². The number of ether oxygens (including phenoxy) is 1. The Labute approximate surface area is 111 Å². The van der Waals surface area contributed by atoms with Gasteiger partial charge in [0.1, 0.15) is 0 Å². The fraction of sp³-hybridized carbons (Fsp3) is 0.571. The van der Waals surface area contributed by atoms with Gasteiger partial charge in [0.25, 0.3) is 0 Å². The van der Waals surface area contributed by atoms with Gasteiger partial charge < -0.3 is 10.1 Å². The molecule has 1 aliphatic rings. The fourth-order valence-electron chi connectivity index (χ4n) is 2.29. The van der Waals surface area contributed by atoms with Crippen molar-refractivity contribution >= 4 is 5.69 Å². The number of halogens is 3. The van der Waals surface area contributed by atoms with E-state index in [4.69, 9.17) is 4.74 Å². The molecule has 1 heterocycles. The Hall–Kier alpha value is -1.23. The summed E-state index contributed by atoms with van der Waals surface area (Å²) >= 11 is 0. The molecule has 1 saturated heterocycles. The molecule has 0 spiro atoms. The van der Waals surface area contributed by atoms with Gasteiger partial charge in [-0.1, -0.05) is 6.07 Å². The van der Waals surface area contributed by atoms with E-state index < -0.39 is 11.7 Å². The van der Waals surface area contributed by atoms with Gasteiger partial charge in [-0.05, 0) is 43.9 Å². The largest absolute Gasteiger partial charge is 0.416 e. The molecule has 1 N–H and O–H groups in total. The van der Waals surface area contributed by atoms with Crippen molar-refractivity contribution < 1.29 is 17.9 Å². The van der Waals surface area contributed by atoms with E-state index >= 15 is 0 Å². The van der Waals surface area contributed by atoms with E-state index in [-0.39, 0.29) is 11.7 Å². The molecule has 0 aliphatic carbocycles. The lowest BCUT2D eigenvalue weighted by Gasteiger charge is -2.14. The zero-order chi connectivity index (χ0) is 13.9. The van der Waals surface area contributed by atoms with E-state index in [1.54, 1.807) is 6.07 Å². The molecule has 1 unspecified atom stereocenters. The quantitative estimate of drug-likeness (QED) is 0.895. The van der Waals surface area contributed by atoms with Crippen LogP contribution in [0.5, 0.6) is 0 Å². The number of benzene rings is 1. The first-order chi connectivity index (χ1) is 8.97. The third-order valence-corrected chi connectivity index (χ3v) is 3.36. The van der Waals surface area contributed by atoms with Crippen molar-refractivity contribution in [2.24, 2.45) is 0 Å². The highest BCUT2D eigenvalue weighted by Gasteiger charge is 2.32. The SMILES string of the molecule is Cc1ccc(NCCC2CCCO2)cc1C(F)(F)F. The molecule has 0 radical (unpaired) electrons. The Morgan fingerprint density at radius 2 is 2.16 bits per heavy atom. The number of rotatable bonds is 4. The topological polar surface area (TPSA) is 21.3 Å². The van der Waals surface area contributed by atoms with E-state index in [1.807, 2.05) is 0 Å². The van der Waals surface area contributed by atoms with Gasteiger partial charge in [-0.2, -0.15) is 13.2 Å². The van der Waals surface area contributed by atoms with Gasteiger partial charge in [0.2, 0.25) is 0 Å². The molecule has 1 aliphatic heterocycles. The minimum Gasteiger partial charge on any atom is -0.385 e. The number of aryl methyl sites for hydroxylation is 1. The Balaban J connectivity index is 1.93. The second-order valence-corrected chi connectivity index (χ2v) is 4.88. The highest BCUT2D eigenvalue weighted by molar-refractivity contribution is 5.49. The van der Waals surface area contributed by atoms with Crippen molar-refractivity contribution in [1.82, 2.24) is 0 Å². The average molecular weight is 273 g/mol. The second-order valence-electron chi connectivity index (χ2n) is 4.88. The number of hydrogen-bond donors (Lipinski definition) is 1. The maximum Gasteiger partial charge on any atom is 0.416 e. The summed E-state index contributed by atoms with van der Waals surface area (Å²) in [5, 5.41) is 3.03. The number of hydrogen-bond acceptors (Lipinski definition) is 2. The van der Waals surface area contributed by atoms with Gasteiger partial charge >= 0.3 is 6.18 Å². The third kappa shape index (κ3) is 3.86. The summed E-state index contributed by atoms with van der Waals surface area (Å²) in [5.41, 5.74) is 0.183. The van der Waals surface area contributed by atoms with Crippen LogP contribution in [0, 0.1) is 6.92 Å². The number of alkyl halides is 3. The lowest BCUT2D eigenvalue weighted by atomic mass is 10.1. The second kappa shape index (κ2) is 5.82. The molecule has 5 heteroatoms. The molecule has 0 amide bonds. The van der Waals surface area contributed by atoms with Crippen LogP contribution >= 0.6 is 0 Å². The Morgan fingerprint density at radius 3 is 2.79 bits per heavy atom. The van der Waals surface area contributed by atoms with Crippen LogP contribution in [0.2, 0.25) is 0 Å². The van der Waals surface area contributed by atoms with Gasteiger partial charge in [-0.25, -0.2) is 0 Å². The van der Waals surface area contributed by atoms with E-state index in [2.05, 4.69) is 5.32 Å². The fourth-order valence-corrected chi connectivity index (χ4v) is 2.29. The highest BCUT2D eigenvalue weighted by Crippen LogP contribution is 2.33. The van der Waals surface area contributed by atoms with Gasteiger partial charge in [0.05, 0.1) is 11.7 Å². The van der Waals surface area contributed by atoms with Crippen molar-refractivity contribution in [1.29, 1.82) is 0 Å². The molecule has 2 nitrogen and oxygen atoms in total. The maximum absolute atomic E-state index is 12.7. The predicted octanol–water partition coefficient (Wildman–Crippen LogP) is 3.99. The van der Waals surface area contributed by atoms with E-state index in [0.29, 0.717) is 12.2 Å². The van der Waals surface area contributed by atoms with Gasteiger partial charge in [0.15, 0.2) is 0 Å². The molecule has 0 aromatic heterocycles. The van der Waals surface area contributed by atoms with Crippen molar-refractivity contribution in [3.05, 3.63) is 29.3 Å². The molecular formula is C14H18F3NO. The van der Waals surface area contributed by atoms with Gasteiger partial charge in [-0.3, -0.25) is 0 Å². The molecule has 0 saturated carbocycles. The number of nitrogens with one attached hydrogen (secondary N) is 1. The zero-order valence-electron chi connectivity index (χ0n) is 10.9. The molecule has 0 bridgehead atoms. The average Bonchev–Trinajstić information content (AvgIpc) is 2.83. The summed E-state index contributed by atoms with van der Waals surface area (Å²) in [7, 11) is 0. The third-order valence-electron chi connectivity index (χ3n) is 3.36. The van der Waals surface area contributed by atoms with Crippen molar-refractivity contribution in [2.45, 2.75) is 38.5 Å². The molecule has 1 aromatic carbocycles. The molecule has 106 valence electrons. The van der Waals surface area contributed by atoms with Crippen molar-refractivity contribution in [3.63, 3.8) is 0 Å². The monoisotopic (exact) mass is 273 g/mol. The van der Waals surface area contributed by atoms with E-state index in [0.717, 1.165) is 25.9 Å². The van der Waals surface area contributed by atoms with Crippen LogP contribution in [0.15, 0.2) is 18.2 Å². The van der Waals surface area contributed by atoms with Crippen LogP contribution in [0.1, 0.15) is 30.4 Å². The highest BCUT2D eigenvalue weighted by atomic mass is 19.4. The zero-order valence-corrected chi connectivity index (χ0v) is 10.9. The Kier molecular flexibility index (Phi) is 4.34. The number of anilines is 1. The predicted molar refractivity (Wildman–Crippen MR) is 68.3 cm³/mol. The molecule has 1 atom stereocenters. The smallest absolute Gasteiger partial charge is 0.385 e. The van der Waals surface area contributed by atoms with Gasteiger partial charge in [0, 0.05) is 18.8 Å². The van der Waals surface area contributed by atoms with Crippen molar-refractivity contribution in [2.75, 3.05) is 18.5 Å². The Morgan fingerprint density at radius 1 is 1.37 bits per heavy atom. The van der Waals surface area contributed by atoms with E-state index in [1.165, 1.54) is 19.1 Å². The first-order valence-electron chi connectivity index (χ1n) is 6.50. The summed E-state index contributed by atoms with van der Waals surface area (Å²) in [5.74, 6) is 0. The van der Waals surface area contributed by atoms with Crippen LogP contribution in [0.25, 0.3) is 0 Å². The summed E-state index contributed by atoms with van der Waals surface area (Å²) in [6, 6.07) is 4.35. The van der Waals surface area contributed by atoms with Crippen molar-refractivity contribution in [3.8, 4) is 0 Å². The standard InChI is InChI=1S/C14H18F3NO/c1-10-4-5-11(9-13(10)14(15,16)17)18-7-6-12-3-2-8-19-12/h4-5,9,12,18H,2-3,6-8H2,1H3.